The molecule has 0 bridgehead atoms. The van der Waals surface area contributed by atoms with Gasteiger partial charge in [-0.1, -0.05) is 0 Å². The summed E-state index contributed by atoms with van der Waals surface area (Å²) >= 11 is 0. The lowest BCUT2D eigenvalue weighted by molar-refractivity contribution is 0.484. The van der Waals surface area contributed by atoms with E-state index in [-0.39, 0.29) is 23.7 Å². The summed E-state index contributed by atoms with van der Waals surface area (Å²) in [6.07, 6.45) is 2.60. The molecule has 0 saturated heterocycles. The minimum absolute atomic E-state index is 0.0730. The average molecular weight is 323 g/mol. The molecule has 0 aliphatic rings. The number of nitrogens with two attached hydrogens (primary N) is 1. The second-order valence-electron chi connectivity index (χ2n) is 4.61. The number of nitrogens with zero attached hydrogens (tertiary/aromatic N) is 2. The molecule has 1 rings (SSSR count). The van der Waals surface area contributed by atoms with Gasteiger partial charge in [0.1, 0.15) is 14.7 Å². The highest BCUT2D eigenvalue weighted by molar-refractivity contribution is 7.91. The fourth-order valence-corrected chi connectivity index (χ4v) is 3.69. The Labute approximate surface area is 120 Å². The Morgan fingerprint density at radius 3 is 2.30 bits per heavy atom. The van der Waals surface area contributed by atoms with Crippen molar-refractivity contribution < 1.29 is 16.8 Å². The lowest BCUT2D eigenvalue weighted by atomic mass is 10.4. The Hall–Kier alpha value is -0.900. The smallest absolute Gasteiger partial charge is 0.244 e. The fraction of sp³-hybridized carbons (Fsp3) is 0.636. The third-order valence-corrected chi connectivity index (χ3v) is 5.74. The van der Waals surface area contributed by atoms with Crippen molar-refractivity contribution in [3.63, 3.8) is 0 Å². The quantitative estimate of drug-likeness (QED) is 0.737. The monoisotopic (exact) mass is 323 g/mol. The van der Waals surface area contributed by atoms with E-state index in [2.05, 4.69) is 0 Å². The van der Waals surface area contributed by atoms with Crippen LogP contribution in [0.3, 0.4) is 0 Å². The van der Waals surface area contributed by atoms with Crippen molar-refractivity contribution in [2.24, 2.45) is 5.73 Å². The van der Waals surface area contributed by atoms with E-state index in [1.54, 1.807) is 4.57 Å². The molecule has 9 heteroatoms. The van der Waals surface area contributed by atoms with Gasteiger partial charge in [0.05, 0.1) is 5.75 Å². The number of hydrogen-bond donors (Lipinski definition) is 1. The summed E-state index contributed by atoms with van der Waals surface area (Å²) in [5, 5.41) is 0. The van der Waals surface area contributed by atoms with Crippen LogP contribution in [0.4, 0.5) is 0 Å². The van der Waals surface area contributed by atoms with Gasteiger partial charge < -0.3 is 10.3 Å². The van der Waals surface area contributed by atoms with Gasteiger partial charge >= 0.3 is 0 Å². The third-order valence-electron chi connectivity index (χ3n) is 3.00. The second kappa shape index (κ2) is 6.25. The van der Waals surface area contributed by atoms with Gasteiger partial charge in [0.2, 0.25) is 10.0 Å². The number of rotatable bonds is 7. The lowest BCUT2D eigenvalue weighted by Gasteiger charge is -2.15. The number of aryl methyl sites for hydroxylation is 1. The Morgan fingerprint density at radius 2 is 1.90 bits per heavy atom. The van der Waals surface area contributed by atoms with Gasteiger partial charge in [-0.3, -0.25) is 0 Å². The molecular weight excluding hydrogens is 302 g/mol. The molecule has 0 atom stereocenters. The first kappa shape index (κ1) is 17.2. The van der Waals surface area contributed by atoms with Gasteiger partial charge in [-0.15, -0.1) is 0 Å². The van der Waals surface area contributed by atoms with Crippen molar-refractivity contribution in [2.45, 2.75) is 24.9 Å². The predicted molar refractivity (Wildman–Crippen MR) is 77.5 cm³/mol. The standard InChI is InChI=1S/C11H21N3O4S2/c1-4-14-9-11(7-10(14)8-12)20(17,18)13(2)5-6-19(3,15)16/h7,9H,4-6,8,12H2,1-3H3. The SMILES string of the molecule is CCn1cc(S(=O)(=O)N(C)CCS(C)(=O)=O)cc1CN. The van der Waals surface area contributed by atoms with Crippen LogP contribution in [0, 0.1) is 0 Å². The predicted octanol–water partition coefficient (Wildman–Crippen LogP) is -0.368. The average Bonchev–Trinajstić information content (AvgIpc) is 2.78. The highest BCUT2D eigenvalue weighted by Crippen LogP contribution is 2.18. The number of aromatic nitrogens is 1. The number of sulfonamides is 1. The molecule has 7 nitrogen and oxygen atoms in total. The van der Waals surface area contributed by atoms with E-state index >= 15 is 0 Å². The summed E-state index contributed by atoms with van der Waals surface area (Å²) in [7, 11) is -5.53. The molecule has 0 amide bonds. The molecule has 0 unspecified atom stereocenters. The summed E-state index contributed by atoms with van der Waals surface area (Å²) in [5.74, 6) is -0.207. The molecular formula is C11H21N3O4S2. The molecule has 2 N–H and O–H groups in total. The summed E-state index contributed by atoms with van der Waals surface area (Å²) in [6.45, 7) is 2.69. The van der Waals surface area contributed by atoms with E-state index in [4.69, 9.17) is 5.73 Å². The third kappa shape index (κ3) is 4.05. The van der Waals surface area contributed by atoms with Crippen molar-refractivity contribution in [1.82, 2.24) is 8.87 Å². The van der Waals surface area contributed by atoms with Crippen molar-refractivity contribution in [3.05, 3.63) is 18.0 Å². The minimum atomic E-state index is -3.69. The maximum Gasteiger partial charge on any atom is 0.244 e. The van der Waals surface area contributed by atoms with E-state index in [9.17, 15) is 16.8 Å². The van der Waals surface area contributed by atoms with Crippen LogP contribution < -0.4 is 5.73 Å². The molecule has 0 aliphatic heterocycles. The van der Waals surface area contributed by atoms with Crippen molar-refractivity contribution in [2.75, 3.05) is 25.6 Å². The molecule has 0 radical (unpaired) electrons. The van der Waals surface area contributed by atoms with Crippen LogP contribution in [0.1, 0.15) is 12.6 Å². The lowest BCUT2D eigenvalue weighted by Crippen LogP contribution is -2.31. The molecule has 116 valence electrons. The van der Waals surface area contributed by atoms with Crippen LogP contribution in [-0.2, 0) is 33.0 Å². The Kier molecular flexibility index (Phi) is 5.36. The van der Waals surface area contributed by atoms with Crippen LogP contribution in [0.2, 0.25) is 0 Å². The molecule has 0 spiro atoms. The van der Waals surface area contributed by atoms with Crippen molar-refractivity contribution in [1.29, 1.82) is 0 Å². The normalized spacial score (nSPS) is 13.1. The van der Waals surface area contributed by atoms with Gasteiger partial charge in [0.15, 0.2) is 0 Å². The van der Waals surface area contributed by atoms with E-state index in [0.717, 1.165) is 16.3 Å². The molecule has 0 fully saturated rings. The van der Waals surface area contributed by atoms with E-state index < -0.39 is 19.9 Å². The maximum absolute atomic E-state index is 12.3. The summed E-state index contributed by atoms with van der Waals surface area (Å²) in [5.41, 5.74) is 6.29. The Bertz CT molecular complexity index is 640. The van der Waals surface area contributed by atoms with Crippen molar-refractivity contribution >= 4 is 19.9 Å². The highest BCUT2D eigenvalue weighted by atomic mass is 32.2. The Morgan fingerprint density at radius 1 is 1.30 bits per heavy atom. The van der Waals surface area contributed by atoms with Gasteiger partial charge in [-0.25, -0.2) is 16.8 Å². The Balaban J connectivity index is 3.01. The van der Waals surface area contributed by atoms with Crippen LogP contribution >= 0.6 is 0 Å². The molecule has 0 aromatic carbocycles. The molecule has 0 saturated carbocycles. The number of hydrogen-bond acceptors (Lipinski definition) is 5. The summed E-state index contributed by atoms with van der Waals surface area (Å²) < 4.78 is 49.7. The van der Waals surface area contributed by atoms with E-state index in [0.29, 0.717) is 6.54 Å². The zero-order valence-electron chi connectivity index (χ0n) is 11.9. The van der Waals surface area contributed by atoms with Crippen LogP contribution in [0.15, 0.2) is 17.2 Å². The first-order valence-corrected chi connectivity index (χ1v) is 9.65. The molecule has 1 aromatic heterocycles. The first-order valence-electron chi connectivity index (χ1n) is 6.15. The zero-order valence-corrected chi connectivity index (χ0v) is 13.5. The van der Waals surface area contributed by atoms with Crippen LogP contribution in [0.25, 0.3) is 0 Å². The fourth-order valence-electron chi connectivity index (χ4n) is 1.73. The first-order chi connectivity index (χ1) is 9.11. The van der Waals surface area contributed by atoms with Gasteiger partial charge in [0.25, 0.3) is 0 Å². The second-order valence-corrected chi connectivity index (χ2v) is 8.92. The van der Waals surface area contributed by atoms with Crippen LogP contribution in [-0.4, -0.2) is 51.3 Å². The molecule has 1 aromatic rings. The topological polar surface area (TPSA) is 102 Å². The van der Waals surface area contributed by atoms with E-state index in [1.807, 2.05) is 6.92 Å². The van der Waals surface area contributed by atoms with Gasteiger partial charge in [0, 0.05) is 44.8 Å². The van der Waals surface area contributed by atoms with Crippen molar-refractivity contribution in [3.8, 4) is 0 Å². The minimum Gasteiger partial charge on any atom is -0.349 e. The molecule has 1 heterocycles. The zero-order chi connectivity index (χ0) is 15.6. The largest absolute Gasteiger partial charge is 0.349 e. The number of sulfone groups is 1. The van der Waals surface area contributed by atoms with E-state index in [1.165, 1.54) is 19.3 Å². The van der Waals surface area contributed by atoms with Gasteiger partial charge in [-0.2, -0.15) is 4.31 Å². The molecule has 20 heavy (non-hydrogen) atoms. The highest BCUT2D eigenvalue weighted by Gasteiger charge is 2.23. The summed E-state index contributed by atoms with van der Waals surface area (Å²) in [4.78, 5) is 0.135. The van der Waals surface area contributed by atoms with Crippen LogP contribution in [0.5, 0.6) is 0 Å². The molecule has 0 aliphatic carbocycles. The summed E-state index contributed by atoms with van der Waals surface area (Å²) in [6, 6.07) is 1.52. The maximum atomic E-state index is 12.3. The van der Waals surface area contributed by atoms with Gasteiger partial charge in [-0.05, 0) is 13.0 Å².